The number of halogens is 3. The largest absolute Gasteiger partial charge is 0.444 e. The summed E-state index contributed by atoms with van der Waals surface area (Å²) in [5.41, 5.74) is 1.77. The van der Waals surface area contributed by atoms with Crippen LogP contribution in [0.1, 0.15) is 27.2 Å². The molecule has 2 aromatic carbocycles. The van der Waals surface area contributed by atoms with Crippen molar-refractivity contribution in [3.05, 3.63) is 48.3 Å². The fraction of sp³-hybridized carbons (Fsp3) is 0.417. The van der Waals surface area contributed by atoms with E-state index in [9.17, 15) is 18.0 Å². The van der Waals surface area contributed by atoms with E-state index in [1.807, 2.05) is 0 Å². The van der Waals surface area contributed by atoms with Crippen molar-refractivity contribution < 1.29 is 22.7 Å². The highest BCUT2D eigenvalue weighted by molar-refractivity contribution is 5.95. The van der Waals surface area contributed by atoms with Gasteiger partial charge < -0.3 is 15.0 Å². The summed E-state index contributed by atoms with van der Waals surface area (Å²) in [7, 11) is 1.75. The van der Waals surface area contributed by atoms with E-state index < -0.39 is 30.2 Å². The van der Waals surface area contributed by atoms with Crippen molar-refractivity contribution in [2.75, 3.05) is 18.4 Å². The third kappa shape index (κ3) is 4.91. The Hall–Kier alpha value is -3.23. The number of benzene rings is 2. The number of hydrogen-bond acceptors (Lipinski definition) is 4. The molecule has 1 N–H and O–H groups in total. The Kier molecular flexibility index (Phi) is 5.76. The summed E-state index contributed by atoms with van der Waals surface area (Å²) < 4.78 is 50.3. The number of fused-ring (bicyclic) bond motifs is 1. The molecule has 0 saturated carbocycles. The number of nitrogens with one attached hydrogen (secondary N) is 1. The number of hydrogen-bond donors (Lipinski definition) is 1. The molecule has 9 heteroatoms. The molecule has 1 unspecified atom stereocenters. The van der Waals surface area contributed by atoms with E-state index in [4.69, 9.17) is 4.74 Å². The first kappa shape index (κ1) is 22.9. The predicted octanol–water partition coefficient (Wildman–Crippen LogP) is 5.44. The molecule has 1 aliphatic rings. The molecular weight excluding hydrogens is 433 g/mol. The number of nitrogens with zero attached hydrogens (tertiary/aromatic N) is 3. The second-order valence-electron chi connectivity index (χ2n) is 9.36. The Bertz CT molecular complexity index is 1190. The minimum Gasteiger partial charge on any atom is -0.444 e. The van der Waals surface area contributed by atoms with Crippen LogP contribution in [0.2, 0.25) is 0 Å². The Labute approximate surface area is 190 Å². The van der Waals surface area contributed by atoms with Crippen LogP contribution in [0.4, 0.5) is 23.7 Å². The average molecular weight is 461 g/mol. The maximum absolute atomic E-state index is 14.9. The Morgan fingerprint density at radius 3 is 2.64 bits per heavy atom. The van der Waals surface area contributed by atoms with Crippen LogP contribution in [-0.4, -0.2) is 51.4 Å². The molecule has 0 aliphatic carbocycles. The van der Waals surface area contributed by atoms with Crippen LogP contribution in [0.15, 0.2) is 42.5 Å². The molecule has 1 amide bonds. The van der Waals surface area contributed by atoms with Gasteiger partial charge in [-0.05, 0) is 57.5 Å². The predicted molar refractivity (Wildman–Crippen MR) is 121 cm³/mol. The summed E-state index contributed by atoms with van der Waals surface area (Å²) >= 11 is 0. The lowest BCUT2D eigenvalue weighted by molar-refractivity contribution is -0.0770. The molecule has 1 atom stereocenters. The molecule has 1 saturated heterocycles. The summed E-state index contributed by atoms with van der Waals surface area (Å²) in [5, 5.41) is 8.21. The average Bonchev–Trinajstić information content (AvgIpc) is 3.04. The van der Waals surface area contributed by atoms with Gasteiger partial charge in [0.05, 0.1) is 18.1 Å². The number of carbonyl (C=O) groups is 1. The molecule has 176 valence electrons. The third-order valence-corrected chi connectivity index (χ3v) is 5.54. The molecule has 0 spiro atoms. The van der Waals surface area contributed by atoms with E-state index in [-0.39, 0.29) is 18.8 Å². The first-order valence-electron chi connectivity index (χ1n) is 10.8. The van der Waals surface area contributed by atoms with Gasteiger partial charge in [0, 0.05) is 30.2 Å². The number of aryl methyl sites for hydroxylation is 1. The maximum atomic E-state index is 14.9. The number of amides is 1. The summed E-state index contributed by atoms with van der Waals surface area (Å²) in [6.07, 6.45) is -0.661. The molecule has 2 heterocycles. The van der Waals surface area contributed by atoms with Gasteiger partial charge in [-0.25, -0.2) is 18.0 Å². The molecule has 0 radical (unpaired) electrons. The smallest absolute Gasteiger partial charge is 0.410 e. The lowest BCUT2D eigenvalue weighted by Gasteiger charge is -2.39. The van der Waals surface area contributed by atoms with Crippen molar-refractivity contribution >= 4 is 22.7 Å². The van der Waals surface area contributed by atoms with E-state index >= 15 is 0 Å². The fourth-order valence-electron chi connectivity index (χ4n) is 4.00. The van der Waals surface area contributed by atoms with Gasteiger partial charge in [-0.2, -0.15) is 5.10 Å². The summed E-state index contributed by atoms with van der Waals surface area (Å²) in [4.78, 5) is 13.3. The molecule has 3 aromatic rings. The number of anilines is 1. The number of rotatable bonds is 3. The van der Waals surface area contributed by atoms with E-state index in [1.54, 1.807) is 62.8 Å². The van der Waals surface area contributed by atoms with Gasteiger partial charge >= 0.3 is 6.09 Å². The van der Waals surface area contributed by atoms with Crippen LogP contribution >= 0.6 is 0 Å². The zero-order chi connectivity index (χ0) is 24.0. The number of aromatic nitrogens is 2. The van der Waals surface area contributed by atoms with E-state index in [0.717, 1.165) is 15.8 Å². The summed E-state index contributed by atoms with van der Waals surface area (Å²) in [6, 6.07) is 10.3. The quantitative estimate of drug-likeness (QED) is 0.566. The number of likely N-dealkylation sites (tertiary alicyclic amines) is 1. The number of carbonyl (C=O) groups excluding carboxylic acids is 1. The normalized spacial score (nSPS) is 18.4. The van der Waals surface area contributed by atoms with E-state index in [2.05, 4.69) is 10.4 Å². The zero-order valence-corrected chi connectivity index (χ0v) is 19.0. The van der Waals surface area contributed by atoms with Gasteiger partial charge in [-0.15, -0.1) is 0 Å². The fourth-order valence-corrected chi connectivity index (χ4v) is 4.00. The molecule has 1 aliphatic heterocycles. The van der Waals surface area contributed by atoms with Crippen molar-refractivity contribution in [2.24, 2.45) is 7.05 Å². The highest BCUT2D eigenvalue weighted by atomic mass is 19.3. The topological polar surface area (TPSA) is 59.4 Å². The van der Waals surface area contributed by atoms with Crippen molar-refractivity contribution in [1.82, 2.24) is 14.7 Å². The van der Waals surface area contributed by atoms with Crippen molar-refractivity contribution in [2.45, 2.75) is 44.8 Å². The highest BCUT2D eigenvalue weighted by Crippen LogP contribution is 2.33. The Balaban J connectivity index is 1.52. The zero-order valence-electron chi connectivity index (χ0n) is 19.0. The first-order chi connectivity index (χ1) is 15.4. The molecule has 0 bridgehead atoms. The number of piperidine rings is 1. The lowest BCUT2D eigenvalue weighted by Crippen LogP contribution is -2.56. The Morgan fingerprint density at radius 2 is 1.97 bits per heavy atom. The second kappa shape index (κ2) is 8.28. The van der Waals surface area contributed by atoms with Crippen molar-refractivity contribution in [1.29, 1.82) is 0 Å². The lowest BCUT2D eigenvalue weighted by atomic mass is 10.00. The minimum absolute atomic E-state index is 0.0736. The van der Waals surface area contributed by atoms with Gasteiger partial charge in [0.2, 0.25) is 0 Å². The van der Waals surface area contributed by atoms with Gasteiger partial charge in [0.25, 0.3) is 5.92 Å². The van der Waals surface area contributed by atoms with Crippen LogP contribution in [0, 0.1) is 5.82 Å². The van der Waals surface area contributed by atoms with Crippen LogP contribution in [0.3, 0.4) is 0 Å². The number of ether oxygens (including phenoxy) is 1. The van der Waals surface area contributed by atoms with E-state index in [0.29, 0.717) is 16.9 Å². The van der Waals surface area contributed by atoms with Gasteiger partial charge in [0.1, 0.15) is 17.1 Å². The van der Waals surface area contributed by atoms with Crippen molar-refractivity contribution in [3.8, 4) is 11.3 Å². The molecule has 4 rings (SSSR count). The first-order valence-corrected chi connectivity index (χ1v) is 10.8. The standard InChI is InChI=1S/C24H27F3N4O2/c1-23(2,3)33-22(32)31-11-10-20(24(26,27)14-31)28-17-8-9-18-19(13-17)30(4)29-21(18)15-6-5-7-16(25)12-15/h5-9,12-13,20,28H,10-11,14H2,1-4H3. The van der Waals surface area contributed by atoms with Crippen molar-refractivity contribution in [3.63, 3.8) is 0 Å². The molecular formula is C24H27F3N4O2. The van der Waals surface area contributed by atoms with Gasteiger partial charge in [0.15, 0.2) is 0 Å². The van der Waals surface area contributed by atoms with Gasteiger partial charge in [-0.1, -0.05) is 12.1 Å². The SMILES string of the molecule is Cn1nc(-c2cccc(F)c2)c2ccc(NC3CCN(C(=O)OC(C)(C)C)CC3(F)F)cc21. The van der Waals surface area contributed by atoms with E-state index in [1.165, 1.54) is 12.1 Å². The number of alkyl halides is 2. The van der Waals surface area contributed by atoms with Crippen LogP contribution in [0.5, 0.6) is 0 Å². The molecule has 1 aromatic heterocycles. The minimum atomic E-state index is -3.14. The Morgan fingerprint density at radius 1 is 1.21 bits per heavy atom. The summed E-state index contributed by atoms with van der Waals surface area (Å²) in [6.45, 7) is 4.56. The van der Waals surface area contributed by atoms with Gasteiger partial charge in [-0.3, -0.25) is 4.68 Å². The monoisotopic (exact) mass is 460 g/mol. The molecule has 1 fully saturated rings. The van der Waals surface area contributed by atoms with Crippen LogP contribution in [0.25, 0.3) is 22.2 Å². The molecule has 33 heavy (non-hydrogen) atoms. The van der Waals surface area contributed by atoms with Crippen LogP contribution < -0.4 is 5.32 Å². The third-order valence-electron chi connectivity index (χ3n) is 5.54. The second-order valence-corrected chi connectivity index (χ2v) is 9.36. The molecule has 6 nitrogen and oxygen atoms in total. The summed E-state index contributed by atoms with van der Waals surface area (Å²) in [5.74, 6) is -3.49. The maximum Gasteiger partial charge on any atom is 0.410 e. The highest BCUT2D eigenvalue weighted by Gasteiger charge is 2.46. The van der Waals surface area contributed by atoms with Crippen LogP contribution in [-0.2, 0) is 11.8 Å².